The van der Waals surface area contributed by atoms with Crippen molar-refractivity contribution in [3.8, 4) is 5.75 Å². The Labute approximate surface area is 167 Å². The fourth-order valence-electron chi connectivity index (χ4n) is 3.13. The van der Waals surface area contributed by atoms with Crippen molar-refractivity contribution in [1.82, 2.24) is 0 Å². The predicted molar refractivity (Wildman–Crippen MR) is 106 cm³/mol. The van der Waals surface area contributed by atoms with E-state index in [1.807, 2.05) is 0 Å². The molecule has 1 aromatic carbocycles. The predicted octanol–water partition coefficient (Wildman–Crippen LogP) is 2.83. The van der Waals surface area contributed by atoms with Crippen LogP contribution in [0.3, 0.4) is 0 Å². The van der Waals surface area contributed by atoms with Gasteiger partial charge in [0.2, 0.25) is 5.91 Å². The highest BCUT2D eigenvalue weighted by atomic mass is 32.2. The van der Waals surface area contributed by atoms with E-state index in [4.69, 9.17) is 9.47 Å². The average molecular weight is 424 g/mol. The molecule has 7 nitrogen and oxygen atoms in total. The Morgan fingerprint density at radius 1 is 1.14 bits per heavy atom. The molecule has 0 spiro atoms. The number of carbonyl (C=O) groups is 2. The molecule has 0 unspecified atom stereocenters. The number of carbonyl (C=O) groups excluding carboxylic acids is 2. The first-order valence-corrected chi connectivity index (χ1v) is 11.2. The van der Waals surface area contributed by atoms with Crippen LogP contribution >= 0.6 is 11.3 Å². The van der Waals surface area contributed by atoms with Gasteiger partial charge in [0.25, 0.3) is 0 Å². The van der Waals surface area contributed by atoms with Gasteiger partial charge in [-0.3, -0.25) is 4.79 Å². The first kappa shape index (κ1) is 20.3. The van der Waals surface area contributed by atoms with Crippen LogP contribution in [0.15, 0.2) is 29.2 Å². The molecule has 1 amide bonds. The lowest BCUT2D eigenvalue weighted by Crippen LogP contribution is -2.18. The Kier molecular flexibility index (Phi) is 6.04. The molecule has 0 saturated heterocycles. The van der Waals surface area contributed by atoms with Crippen LogP contribution < -0.4 is 10.1 Å². The summed E-state index contributed by atoms with van der Waals surface area (Å²) in [5, 5.41) is 3.13. The van der Waals surface area contributed by atoms with E-state index in [0.29, 0.717) is 16.3 Å². The van der Waals surface area contributed by atoms with Crippen molar-refractivity contribution in [2.75, 3.05) is 25.3 Å². The SMILES string of the molecule is COC(=O)c1c(NC(=O)CCS(=O)(=O)c2ccc(OC)cc2)sc2c1CCC2. The number of hydrogen-bond acceptors (Lipinski definition) is 7. The van der Waals surface area contributed by atoms with Gasteiger partial charge >= 0.3 is 5.97 Å². The summed E-state index contributed by atoms with van der Waals surface area (Å²) in [7, 11) is -0.808. The molecular weight excluding hydrogens is 402 g/mol. The van der Waals surface area contributed by atoms with Crippen molar-refractivity contribution < 1.29 is 27.5 Å². The molecule has 0 atom stereocenters. The minimum Gasteiger partial charge on any atom is -0.497 e. The third-order valence-corrected chi connectivity index (χ3v) is 7.52. The lowest BCUT2D eigenvalue weighted by Gasteiger charge is -2.08. The monoisotopic (exact) mass is 423 g/mol. The molecule has 1 aromatic heterocycles. The molecule has 0 bridgehead atoms. The van der Waals surface area contributed by atoms with Crippen LogP contribution in [0.2, 0.25) is 0 Å². The van der Waals surface area contributed by atoms with Crippen LogP contribution in [-0.2, 0) is 32.2 Å². The zero-order chi connectivity index (χ0) is 20.3. The van der Waals surface area contributed by atoms with Gasteiger partial charge in [0, 0.05) is 11.3 Å². The zero-order valence-electron chi connectivity index (χ0n) is 15.6. The molecule has 2 aromatic rings. The highest BCUT2D eigenvalue weighted by Gasteiger charge is 2.28. The van der Waals surface area contributed by atoms with E-state index in [9.17, 15) is 18.0 Å². The molecule has 9 heteroatoms. The highest BCUT2D eigenvalue weighted by molar-refractivity contribution is 7.91. The summed E-state index contributed by atoms with van der Waals surface area (Å²) in [6.07, 6.45) is 2.40. The summed E-state index contributed by atoms with van der Waals surface area (Å²) in [6.45, 7) is 0. The Bertz CT molecular complexity index is 992. The summed E-state index contributed by atoms with van der Waals surface area (Å²) >= 11 is 1.36. The van der Waals surface area contributed by atoms with Crippen LogP contribution in [0.5, 0.6) is 5.75 Å². The average Bonchev–Trinajstić information content (AvgIpc) is 3.26. The van der Waals surface area contributed by atoms with E-state index in [1.54, 1.807) is 12.1 Å². The number of thiophene rings is 1. The lowest BCUT2D eigenvalue weighted by atomic mass is 10.1. The van der Waals surface area contributed by atoms with Gasteiger partial charge in [0.1, 0.15) is 10.8 Å². The first-order valence-electron chi connectivity index (χ1n) is 8.75. The van der Waals surface area contributed by atoms with Gasteiger partial charge in [-0.2, -0.15) is 0 Å². The fourth-order valence-corrected chi connectivity index (χ4v) is 5.66. The molecule has 1 heterocycles. The Hall–Kier alpha value is -2.39. The van der Waals surface area contributed by atoms with Crippen molar-refractivity contribution in [2.45, 2.75) is 30.6 Å². The zero-order valence-corrected chi connectivity index (χ0v) is 17.2. The number of rotatable bonds is 7. The molecule has 1 aliphatic rings. The van der Waals surface area contributed by atoms with Crippen LogP contribution in [0, 0.1) is 0 Å². The van der Waals surface area contributed by atoms with E-state index in [-0.39, 0.29) is 17.1 Å². The Balaban J connectivity index is 1.68. The van der Waals surface area contributed by atoms with E-state index in [0.717, 1.165) is 29.7 Å². The second-order valence-electron chi connectivity index (χ2n) is 6.35. The quantitative estimate of drug-likeness (QED) is 0.688. The topological polar surface area (TPSA) is 98.8 Å². The number of sulfone groups is 1. The van der Waals surface area contributed by atoms with Gasteiger partial charge in [-0.15, -0.1) is 11.3 Å². The molecular formula is C19H21NO6S2. The summed E-state index contributed by atoms with van der Waals surface area (Å²) in [5.74, 6) is -0.718. The number of ether oxygens (including phenoxy) is 2. The molecule has 1 aliphatic carbocycles. The van der Waals surface area contributed by atoms with Gasteiger partial charge in [-0.1, -0.05) is 0 Å². The smallest absolute Gasteiger partial charge is 0.341 e. The van der Waals surface area contributed by atoms with Crippen molar-refractivity contribution in [3.05, 3.63) is 40.3 Å². The number of fused-ring (bicyclic) bond motifs is 1. The van der Waals surface area contributed by atoms with E-state index < -0.39 is 21.7 Å². The van der Waals surface area contributed by atoms with Crippen molar-refractivity contribution in [3.63, 3.8) is 0 Å². The Morgan fingerprint density at radius 3 is 2.50 bits per heavy atom. The summed E-state index contributed by atoms with van der Waals surface area (Å²) in [5.41, 5.74) is 1.32. The molecule has 28 heavy (non-hydrogen) atoms. The van der Waals surface area contributed by atoms with Crippen molar-refractivity contribution in [2.24, 2.45) is 0 Å². The number of methoxy groups -OCH3 is 2. The summed E-state index contributed by atoms with van der Waals surface area (Å²) < 4.78 is 34.7. The molecule has 0 aliphatic heterocycles. The number of benzene rings is 1. The lowest BCUT2D eigenvalue weighted by molar-refractivity contribution is -0.115. The molecule has 0 radical (unpaired) electrons. The number of anilines is 1. The largest absolute Gasteiger partial charge is 0.497 e. The second-order valence-corrected chi connectivity index (χ2v) is 9.56. The number of esters is 1. The molecule has 0 saturated carbocycles. The third kappa shape index (κ3) is 4.20. The fraction of sp³-hybridized carbons (Fsp3) is 0.368. The standard InChI is InChI=1S/C19H21NO6S2/c1-25-12-6-8-13(9-7-12)28(23,24)11-10-16(21)20-18-17(19(22)26-2)14-4-3-5-15(14)27-18/h6-9H,3-5,10-11H2,1-2H3,(H,20,21). The number of amides is 1. The molecule has 3 rings (SSSR count). The maximum Gasteiger partial charge on any atom is 0.341 e. The number of aryl methyl sites for hydroxylation is 1. The Morgan fingerprint density at radius 2 is 1.86 bits per heavy atom. The highest BCUT2D eigenvalue weighted by Crippen LogP contribution is 2.39. The summed E-state index contributed by atoms with van der Waals surface area (Å²) in [6, 6.07) is 6.02. The van der Waals surface area contributed by atoms with Crippen LogP contribution in [0.1, 0.15) is 33.6 Å². The molecule has 0 fully saturated rings. The third-order valence-electron chi connectivity index (χ3n) is 4.58. The van der Waals surface area contributed by atoms with Gasteiger partial charge in [-0.25, -0.2) is 13.2 Å². The maximum absolute atomic E-state index is 12.4. The normalized spacial score (nSPS) is 13.1. The van der Waals surface area contributed by atoms with Gasteiger partial charge in [0.05, 0.1) is 30.4 Å². The first-order chi connectivity index (χ1) is 13.4. The maximum atomic E-state index is 12.4. The van der Waals surface area contributed by atoms with Gasteiger partial charge in [0.15, 0.2) is 9.84 Å². The van der Waals surface area contributed by atoms with Crippen LogP contribution in [0.4, 0.5) is 5.00 Å². The minimum atomic E-state index is -3.60. The minimum absolute atomic E-state index is 0.131. The van der Waals surface area contributed by atoms with Crippen molar-refractivity contribution in [1.29, 1.82) is 0 Å². The number of nitrogens with one attached hydrogen (secondary N) is 1. The van der Waals surface area contributed by atoms with E-state index >= 15 is 0 Å². The van der Waals surface area contributed by atoms with Crippen LogP contribution in [0.25, 0.3) is 0 Å². The van der Waals surface area contributed by atoms with Gasteiger partial charge in [-0.05, 0) is 49.1 Å². The summed E-state index contributed by atoms with van der Waals surface area (Å²) in [4.78, 5) is 25.7. The van der Waals surface area contributed by atoms with E-state index in [1.165, 1.54) is 37.7 Å². The van der Waals surface area contributed by atoms with Gasteiger partial charge < -0.3 is 14.8 Å². The van der Waals surface area contributed by atoms with Crippen LogP contribution in [-0.4, -0.2) is 40.3 Å². The second kappa shape index (κ2) is 8.32. The van der Waals surface area contributed by atoms with E-state index in [2.05, 4.69) is 5.32 Å². The molecule has 150 valence electrons. The molecule has 1 N–H and O–H groups in total. The van der Waals surface area contributed by atoms with Crippen molar-refractivity contribution >= 4 is 38.1 Å². The number of hydrogen-bond donors (Lipinski definition) is 1.